The van der Waals surface area contributed by atoms with Crippen molar-refractivity contribution < 1.29 is 18.8 Å². The lowest BCUT2D eigenvalue weighted by molar-refractivity contribution is 0.0626. The lowest BCUT2D eigenvalue weighted by Gasteiger charge is -2.34. The molecule has 3 rings (SSSR count). The third kappa shape index (κ3) is 8.79. The van der Waals surface area contributed by atoms with E-state index in [9.17, 15) is 18.8 Å². The zero-order chi connectivity index (χ0) is 27.7. The second-order valence-corrected chi connectivity index (χ2v) is 10.8. The number of nitrogens with one attached hydrogen (secondary N) is 3. The van der Waals surface area contributed by atoms with Gasteiger partial charge >= 0.3 is 6.03 Å². The topological polar surface area (TPSA) is 107 Å². The van der Waals surface area contributed by atoms with Crippen molar-refractivity contribution in [2.45, 2.75) is 47.1 Å². The fourth-order valence-electron chi connectivity index (χ4n) is 3.95. The molecule has 0 spiro atoms. The van der Waals surface area contributed by atoms with Crippen LogP contribution in [0.2, 0.25) is 0 Å². The molecule has 0 bridgehead atoms. The number of carbonyl (C=O) groups is 3. The first-order valence-electron chi connectivity index (χ1n) is 13.2. The molecular formula is C28H39FN6O3. The molecule has 0 saturated carbocycles. The molecule has 0 atom stereocenters. The van der Waals surface area contributed by atoms with Crippen LogP contribution >= 0.6 is 0 Å². The molecule has 2 heterocycles. The normalized spacial score (nSPS) is 14.2. The number of halogens is 1. The maximum Gasteiger partial charge on any atom is 0.319 e. The molecule has 4 amide bonds. The number of benzene rings is 1. The largest absolute Gasteiger partial charge is 0.351 e. The van der Waals surface area contributed by atoms with Gasteiger partial charge in [-0.15, -0.1) is 0 Å². The number of carbonyl (C=O) groups excluding carboxylic acids is 3. The van der Waals surface area contributed by atoms with Gasteiger partial charge in [-0.05, 0) is 42.2 Å². The Balaban J connectivity index is 1.50. The Morgan fingerprint density at radius 3 is 2.42 bits per heavy atom. The lowest BCUT2D eigenvalue weighted by atomic mass is 9.97. The molecule has 3 N–H and O–H groups in total. The molecule has 1 aromatic carbocycles. The lowest BCUT2D eigenvalue weighted by Crippen LogP contribution is -2.48. The van der Waals surface area contributed by atoms with Crippen LogP contribution in [0.5, 0.6) is 0 Å². The van der Waals surface area contributed by atoms with Gasteiger partial charge in [0.05, 0.1) is 11.4 Å². The van der Waals surface area contributed by atoms with Gasteiger partial charge in [0.2, 0.25) is 0 Å². The molecule has 2 aromatic rings. The molecule has 1 fully saturated rings. The van der Waals surface area contributed by atoms with E-state index in [-0.39, 0.29) is 28.5 Å². The number of nitrogens with zero attached hydrogens (tertiary/aromatic N) is 3. The minimum Gasteiger partial charge on any atom is -0.351 e. The number of amides is 4. The van der Waals surface area contributed by atoms with Gasteiger partial charge in [-0.1, -0.05) is 40.2 Å². The summed E-state index contributed by atoms with van der Waals surface area (Å²) in [4.78, 5) is 45.7. The second-order valence-electron chi connectivity index (χ2n) is 10.8. The number of anilines is 1. The summed E-state index contributed by atoms with van der Waals surface area (Å²) in [6.07, 6.45) is 1.94. The first-order chi connectivity index (χ1) is 18.1. The number of urea groups is 1. The Hall–Kier alpha value is -3.53. The Kier molecular flexibility index (Phi) is 10.2. The van der Waals surface area contributed by atoms with E-state index >= 15 is 0 Å². The van der Waals surface area contributed by atoms with E-state index in [2.05, 4.69) is 32.8 Å². The minimum absolute atomic E-state index is 0.0200. The molecule has 0 unspecified atom stereocenters. The van der Waals surface area contributed by atoms with E-state index < -0.39 is 11.8 Å². The van der Waals surface area contributed by atoms with Crippen molar-refractivity contribution in [3.8, 4) is 0 Å². The van der Waals surface area contributed by atoms with Crippen LogP contribution in [0, 0.1) is 11.2 Å². The average molecular weight is 527 g/mol. The van der Waals surface area contributed by atoms with Gasteiger partial charge in [0.1, 0.15) is 11.5 Å². The van der Waals surface area contributed by atoms with Crippen LogP contribution in [0.3, 0.4) is 0 Å². The van der Waals surface area contributed by atoms with Crippen molar-refractivity contribution in [1.82, 2.24) is 25.4 Å². The summed E-state index contributed by atoms with van der Waals surface area (Å²) in [5.74, 6) is -1.09. The maximum absolute atomic E-state index is 14.6. The van der Waals surface area contributed by atoms with E-state index in [1.807, 2.05) is 32.9 Å². The van der Waals surface area contributed by atoms with Crippen LogP contribution in [0.1, 0.15) is 67.1 Å². The Bertz CT molecular complexity index is 1130. The number of unbranched alkanes of at least 4 members (excludes halogenated alkanes) is 1. The standard InChI is InChI=1S/C28H39FN6O3/c1-5-6-12-30-25(36)24-9-7-8-21(32-24)18-34-13-15-35(16-14-34)26(37)20-10-11-23(22(29)17-20)33-27(38)31-19-28(2,3)4/h7-11,17H,5-6,12-16,18-19H2,1-4H3,(H,30,36)(H2,31,33,38). The van der Waals surface area contributed by atoms with Crippen molar-refractivity contribution in [3.05, 3.63) is 59.2 Å². The first kappa shape index (κ1) is 29.0. The van der Waals surface area contributed by atoms with Crippen LogP contribution in [0.15, 0.2) is 36.4 Å². The molecule has 0 aliphatic carbocycles. The van der Waals surface area contributed by atoms with Crippen LogP contribution < -0.4 is 16.0 Å². The monoisotopic (exact) mass is 526 g/mol. The molecule has 1 aliphatic heterocycles. The number of hydrogen-bond acceptors (Lipinski definition) is 5. The van der Waals surface area contributed by atoms with E-state index in [0.29, 0.717) is 51.5 Å². The highest BCUT2D eigenvalue weighted by molar-refractivity contribution is 5.96. The highest BCUT2D eigenvalue weighted by atomic mass is 19.1. The third-order valence-corrected chi connectivity index (χ3v) is 6.14. The van der Waals surface area contributed by atoms with Crippen LogP contribution in [-0.4, -0.2) is 71.9 Å². The van der Waals surface area contributed by atoms with Gasteiger partial charge in [0.15, 0.2) is 0 Å². The zero-order valence-corrected chi connectivity index (χ0v) is 22.8. The summed E-state index contributed by atoms with van der Waals surface area (Å²) in [6, 6.07) is 9.03. The van der Waals surface area contributed by atoms with Gasteiger partial charge in [-0.25, -0.2) is 14.2 Å². The van der Waals surface area contributed by atoms with Gasteiger partial charge in [-0.3, -0.25) is 14.5 Å². The zero-order valence-electron chi connectivity index (χ0n) is 22.8. The number of hydrogen-bond donors (Lipinski definition) is 3. The second kappa shape index (κ2) is 13.3. The van der Waals surface area contributed by atoms with Gasteiger partial charge in [-0.2, -0.15) is 0 Å². The van der Waals surface area contributed by atoms with Crippen LogP contribution in [0.25, 0.3) is 0 Å². The molecular weight excluding hydrogens is 487 g/mol. The summed E-state index contributed by atoms with van der Waals surface area (Å²) in [7, 11) is 0. The summed E-state index contributed by atoms with van der Waals surface area (Å²) in [5.41, 5.74) is 1.36. The van der Waals surface area contributed by atoms with Crippen molar-refractivity contribution in [2.75, 3.05) is 44.6 Å². The molecule has 10 heteroatoms. The first-order valence-corrected chi connectivity index (χ1v) is 13.2. The Labute approximate surface area is 224 Å². The predicted molar refractivity (Wildman–Crippen MR) is 146 cm³/mol. The Morgan fingerprint density at radius 2 is 1.76 bits per heavy atom. The summed E-state index contributed by atoms with van der Waals surface area (Å²) in [5, 5.41) is 8.08. The van der Waals surface area contributed by atoms with Gasteiger partial charge in [0.25, 0.3) is 11.8 Å². The quantitative estimate of drug-likeness (QED) is 0.430. The summed E-state index contributed by atoms with van der Waals surface area (Å²) in [6.45, 7) is 11.9. The Morgan fingerprint density at radius 1 is 1.03 bits per heavy atom. The maximum atomic E-state index is 14.6. The average Bonchev–Trinajstić information content (AvgIpc) is 2.88. The molecule has 1 aliphatic rings. The van der Waals surface area contributed by atoms with Gasteiger partial charge < -0.3 is 20.9 Å². The smallest absolute Gasteiger partial charge is 0.319 e. The van der Waals surface area contributed by atoms with Crippen molar-refractivity contribution >= 4 is 23.5 Å². The van der Waals surface area contributed by atoms with E-state index in [1.165, 1.54) is 12.1 Å². The van der Waals surface area contributed by atoms with Crippen molar-refractivity contribution in [3.63, 3.8) is 0 Å². The number of rotatable bonds is 9. The molecule has 0 radical (unpaired) electrons. The fourth-order valence-corrected chi connectivity index (χ4v) is 3.95. The minimum atomic E-state index is -0.662. The van der Waals surface area contributed by atoms with E-state index in [1.54, 1.807) is 11.0 Å². The third-order valence-electron chi connectivity index (χ3n) is 6.14. The highest BCUT2D eigenvalue weighted by Crippen LogP contribution is 2.19. The van der Waals surface area contributed by atoms with Gasteiger partial charge in [0, 0.05) is 51.4 Å². The summed E-state index contributed by atoms with van der Waals surface area (Å²) < 4.78 is 14.6. The number of aromatic nitrogens is 1. The highest BCUT2D eigenvalue weighted by Gasteiger charge is 2.24. The SMILES string of the molecule is CCCCNC(=O)c1cccc(CN2CCN(C(=O)c3ccc(NC(=O)NCC(C)(C)C)c(F)c3)CC2)n1. The van der Waals surface area contributed by atoms with Crippen LogP contribution in [-0.2, 0) is 6.54 Å². The molecule has 9 nitrogen and oxygen atoms in total. The molecule has 1 saturated heterocycles. The van der Waals surface area contributed by atoms with Crippen molar-refractivity contribution in [2.24, 2.45) is 5.41 Å². The van der Waals surface area contributed by atoms with Crippen LogP contribution in [0.4, 0.5) is 14.9 Å². The predicted octanol–water partition coefficient (Wildman–Crippen LogP) is 3.88. The van der Waals surface area contributed by atoms with E-state index in [0.717, 1.165) is 24.6 Å². The van der Waals surface area contributed by atoms with E-state index in [4.69, 9.17) is 0 Å². The number of piperazine rings is 1. The van der Waals surface area contributed by atoms with Crippen molar-refractivity contribution in [1.29, 1.82) is 0 Å². The molecule has 38 heavy (non-hydrogen) atoms. The molecule has 1 aromatic heterocycles. The fraction of sp³-hybridized carbons (Fsp3) is 0.500. The summed E-state index contributed by atoms with van der Waals surface area (Å²) >= 11 is 0. The molecule has 206 valence electrons. The number of pyridine rings is 1.